The minimum Gasteiger partial charge on any atom is -0.296 e. The van der Waals surface area contributed by atoms with Gasteiger partial charge in [0.15, 0.2) is 0 Å². The molecule has 0 aliphatic carbocycles. The number of sulfonamides is 1. The third kappa shape index (κ3) is 3.74. The average molecular weight is 335 g/mol. The smallest absolute Gasteiger partial charge is 0.243 e. The van der Waals surface area contributed by atoms with Crippen molar-refractivity contribution in [1.82, 2.24) is 9.21 Å². The third-order valence-electron chi connectivity index (χ3n) is 3.16. The number of nitrogens with zero attached hydrogens (tertiary/aromatic N) is 2. The molecule has 20 heavy (non-hydrogen) atoms. The second kappa shape index (κ2) is 6.45. The lowest BCUT2D eigenvalue weighted by Crippen LogP contribution is -2.48. The van der Waals surface area contributed by atoms with E-state index in [2.05, 4.69) is 11.5 Å². The van der Waals surface area contributed by atoms with Crippen LogP contribution in [0, 0.1) is 0 Å². The van der Waals surface area contributed by atoms with Gasteiger partial charge in [-0.3, -0.25) is 4.90 Å². The normalized spacial score (nSPS) is 18.1. The van der Waals surface area contributed by atoms with E-state index in [0.717, 1.165) is 0 Å². The molecule has 0 radical (unpaired) electrons. The van der Waals surface area contributed by atoms with E-state index in [1.54, 1.807) is 18.2 Å². The molecule has 1 aromatic carbocycles. The summed E-state index contributed by atoms with van der Waals surface area (Å²) in [6.07, 6.45) is 0. The van der Waals surface area contributed by atoms with Crippen LogP contribution in [-0.2, 0) is 10.0 Å². The van der Waals surface area contributed by atoms with Crippen LogP contribution in [-0.4, -0.2) is 50.3 Å². The number of piperazine rings is 1. The van der Waals surface area contributed by atoms with Crippen LogP contribution in [0.25, 0.3) is 0 Å². The highest BCUT2D eigenvalue weighted by Crippen LogP contribution is 2.21. The number of hydrogen-bond donors (Lipinski definition) is 0. The van der Waals surface area contributed by atoms with E-state index >= 15 is 0 Å². The first kappa shape index (κ1) is 15.8. The van der Waals surface area contributed by atoms with Crippen LogP contribution < -0.4 is 0 Å². The lowest BCUT2D eigenvalue weighted by atomic mass is 10.3. The maximum Gasteiger partial charge on any atom is 0.243 e. The zero-order valence-electron chi connectivity index (χ0n) is 10.9. The molecule has 7 heteroatoms. The van der Waals surface area contributed by atoms with E-state index in [1.165, 1.54) is 10.4 Å². The van der Waals surface area contributed by atoms with Crippen LogP contribution >= 0.6 is 23.2 Å². The molecule has 0 N–H and O–H groups in total. The molecule has 4 nitrogen and oxygen atoms in total. The molecule has 1 aliphatic heterocycles. The van der Waals surface area contributed by atoms with Crippen molar-refractivity contribution < 1.29 is 8.42 Å². The Morgan fingerprint density at radius 3 is 2.45 bits per heavy atom. The summed E-state index contributed by atoms with van der Waals surface area (Å²) in [6, 6.07) is 6.34. The van der Waals surface area contributed by atoms with E-state index in [0.29, 0.717) is 42.8 Å². The zero-order valence-corrected chi connectivity index (χ0v) is 13.3. The van der Waals surface area contributed by atoms with E-state index in [4.69, 9.17) is 23.2 Å². The maximum atomic E-state index is 12.5. The van der Waals surface area contributed by atoms with E-state index < -0.39 is 10.0 Å². The highest BCUT2D eigenvalue weighted by atomic mass is 35.5. The van der Waals surface area contributed by atoms with Crippen molar-refractivity contribution in [2.75, 3.05) is 32.7 Å². The number of halogens is 2. The lowest BCUT2D eigenvalue weighted by Gasteiger charge is -2.33. The Kier molecular flexibility index (Phi) is 5.09. The summed E-state index contributed by atoms with van der Waals surface area (Å²) in [5, 5.41) is 0.985. The Bertz CT molecular complexity index is 596. The molecule has 2 rings (SSSR count). The Balaban J connectivity index is 2.08. The third-order valence-corrected chi connectivity index (χ3v) is 5.41. The van der Waals surface area contributed by atoms with Crippen molar-refractivity contribution in [3.63, 3.8) is 0 Å². The van der Waals surface area contributed by atoms with Gasteiger partial charge in [0.25, 0.3) is 0 Å². The van der Waals surface area contributed by atoms with Crippen LogP contribution in [0.1, 0.15) is 0 Å². The van der Waals surface area contributed by atoms with Gasteiger partial charge in [-0.05, 0) is 18.2 Å². The molecule has 1 saturated heterocycles. The fourth-order valence-corrected chi connectivity index (χ4v) is 4.04. The van der Waals surface area contributed by atoms with Gasteiger partial charge >= 0.3 is 0 Å². The highest BCUT2D eigenvalue weighted by Gasteiger charge is 2.28. The first-order valence-electron chi connectivity index (χ1n) is 6.21. The maximum absolute atomic E-state index is 12.5. The van der Waals surface area contributed by atoms with Gasteiger partial charge in [0, 0.05) is 42.8 Å². The largest absolute Gasteiger partial charge is 0.296 e. The standard InChI is InChI=1S/C13H16Cl2N2O2S/c1-11(14)10-16-5-7-17(8-6-16)20(18,19)13-4-2-3-12(15)9-13/h2-4,9H,1,5-8,10H2. The monoisotopic (exact) mass is 334 g/mol. The fraction of sp³-hybridized carbons (Fsp3) is 0.385. The van der Waals surface area contributed by atoms with Crippen LogP contribution in [0.2, 0.25) is 5.02 Å². The van der Waals surface area contributed by atoms with Gasteiger partial charge in [-0.15, -0.1) is 0 Å². The number of rotatable bonds is 4. The van der Waals surface area contributed by atoms with Crippen molar-refractivity contribution in [2.45, 2.75) is 4.90 Å². The molecular weight excluding hydrogens is 319 g/mol. The molecule has 0 atom stereocenters. The predicted octanol–water partition coefficient (Wildman–Crippen LogP) is 2.40. The number of benzene rings is 1. The Labute approximate surface area is 129 Å². The van der Waals surface area contributed by atoms with Crippen molar-refractivity contribution >= 4 is 33.2 Å². The zero-order chi connectivity index (χ0) is 14.8. The van der Waals surface area contributed by atoms with Crippen molar-refractivity contribution in [3.8, 4) is 0 Å². The second-order valence-electron chi connectivity index (χ2n) is 4.65. The quantitative estimate of drug-likeness (QED) is 0.848. The summed E-state index contributed by atoms with van der Waals surface area (Å²) < 4.78 is 26.4. The first-order chi connectivity index (χ1) is 9.39. The van der Waals surface area contributed by atoms with Crippen molar-refractivity contribution in [3.05, 3.63) is 40.9 Å². The summed E-state index contributed by atoms with van der Waals surface area (Å²) in [5.41, 5.74) is 0. The molecule has 1 heterocycles. The Hall–Kier alpha value is -0.590. The topological polar surface area (TPSA) is 40.6 Å². The molecule has 0 spiro atoms. The highest BCUT2D eigenvalue weighted by molar-refractivity contribution is 7.89. The first-order valence-corrected chi connectivity index (χ1v) is 8.40. The van der Waals surface area contributed by atoms with Crippen molar-refractivity contribution in [1.29, 1.82) is 0 Å². The van der Waals surface area contributed by atoms with Gasteiger partial charge in [-0.2, -0.15) is 4.31 Å². The predicted molar refractivity (Wildman–Crippen MR) is 81.6 cm³/mol. The van der Waals surface area contributed by atoms with E-state index in [9.17, 15) is 8.42 Å². The molecule has 1 aliphatic rings. The van der Waals surface area contributed by atoms with Gasteiger partial charge in [0.1, 0.15) is 0 Å². The van der Waals surface area contributed by atoms with Crippen LogP contribution in [0.5, 0.6) is 0 Å². The molecule has 0 aromatic heterocycles. The molecular formula is C13H16Cl2N2O2S. The molecule has 0 saturated carbocycles. The van der Waals surface area contributed by atoms with E-state index in [-0.39, 0.29) is 4.90 Å². The van der Waals surface area contributed by atoms with Gasteiger partial charge in [-0.25, -0.2) is 8.42 Å². The SMILES string of the molecule is C=C(Cl)CN1CCN(S(=O)(=O)c2cccc(Cl)c2)CC1. The van der Waals surface area contributed by atoms with Gasteiger partial charge in [0.2, 0.25) is 10.0 Å². The van der Waals surface area contributed by atoms with Crippen molar-refractivity contribution in [2.24, 2.45) is 0 Å². The molecule has 1 fully saturated rings. The lowest BCUT2D eigenvalue weighted by molar-refractivity contribution is 0.203. The Morgan fingerprint density at radius 2 is 1.90 bits per heavy atom. The molecule has 0 amide bonds. The minimum absolute atomic E-state index is 0.236. The van der Waals surface area contributed by atoms with E-state index in [1.807, 2.05) is 0 Å². The summed E-state index contributed by atoms with van der Waals surface area (Å²) in [6.45, 7) is 6.42. The van der Waals surface area contributed by atoms with Crippen LogP contribution in [0.15, 0.2) is 40.8 Å². The second-order valence-corrected chi connectivity index (χ2v) is 7.56. The number of hydrogen-bond acceptors (Lipinski definition) is 3. The van der Waals surface area contributed by atoms with Gasteiger partial charge in [0.05, 0.1) is 4.90 Å². The molecule has 0 unspecified atom stereocenters. The molecule has 1 aromatic rings. The van der Waals surface area contributed by atoms with Gasteiger partial charge < -0.3 is 0 Å². The minimum atomic E-state index is -3.47. The summed E-state index contributed by atoms with van der Waals surface area (Å²) in [5.74, 6) is 0. The van der Waals surface area contributed by atoms with Gasteiger partial charge in [-0.1, -0.05) is 35.8 Å². The summed E-state index contributed by atoms with van der Waals surface area (Å²) in [7, 11) is -3.47. The average Bonchev–Trinajstić information content (AvgIpc) is 2.38. The molecule has 0 bridgehead atoms. The van der Waals surface area contributed by atoms with Crippen LogP contribution in [0.4, 0.5) is 0 Å². The summed E-state index contributed by atoms with van der Waals surface area (Å²) >= 11 is 11.6. The Morgan fingerprint density at radius 1 is 1.25 bits per heavy atom. The van der Waals surface area contributed by atoms with Crippen LogP contribution in [0.3, 0.4) is 0 Å². The molecule has 110 valence electrons. The fourth-order valence-electron chi connectivity index (χ4n) is 2.15. The summed E-state index contributed by atoms with van der Waals surface area (Å²) in [4.78, 5) is 2.32.